The fraction of sp³-hybridized carbons (Fsp3) is 0.810. The zero-order chi connectivity index (χ0) is 54.7. The molecule has 0 aliphatic carbocycles. The van der Waals surface area contributed by atoms with Gasteiger partial charge in [-0.05, 0) is 57.8 Å². The van der Waals surface area contributed by atoms with E-state index in [1.54, 1.807) is 0 Å². The molecule has 6 atom stereocenters. The Bertz CT molecular complexity index is 1490. The molecule has 0 bridgehead atoms. The summed E-state index contributed by atoms with van der Waals surface area (Å²) < 4.78 is 28.4. The Labute approximate surface area is 456 Å². The number of aliphatic hydroxyl groups is 2. The van der Waals surface area contributed by atoms with E-state index in [1.165, 1.54) is 128 Å². The third kappa shape index (κ3) is 41.5. The maximum Gasteiger partial charge on any atom is 0.335 e. The van der Waals surface area contributed by atoms with E-state index in [4.69, 9.17) is 23.7 Å². The van der Waals surface area contributed by atoms with Crippen LogP contribution in [0.15, 0.2) is 48.6 Å². The molecule has 1 heterocycles. The molecule has 0 aromatic carbocycles. The van der Waals surface area contributed by atoms with Crippen LogP contribution in [0, 0.1) is 0 Å². The second-order valence-corrected chi connectivity index (χ2v) is 21.0. The molecule has 75 heavy (non-hydrogen) atoms. The lowest BCUT2D eigenvalue weighted by Crippen LogP contribution is -2.61. The van der Waals surface area contributed by atoms with Gasteiger partial charge in [0.2, 0.25) is 0 Å². The minimum absolute atomic E-state index is 0.0348. The Kier molecular flexibility index (Phi) is 47.8. The van der Waals surface area contributed by atoms with E-state index in [2.05, 4.69) is 69.4 Å². The van der Waals surface area contributed by atoms with Gasteiger partial charge in [0.15, 0.2) is 24.6 Å². The molecule has 1 rings (SSSR count). The standard InChI is InChI=1S/C63H110O12/c1-4-7-10-13-16-19-22-24-26-28-30-32-35-37-40-43-46-49-55(64)71-52-54(73-56(65)50-47-44-41-38-34-21-18-15-12-9-6-3)53-72-63-61(59(68)58(67)60(75-63)62(69)70)74-57(66)51-48-45-42-39-36-33-31-29-27-25-23-20-17-14-11-8-5-2/h8,11,17,20,25,27,31,33,54,58-61,63,67-68H,4-7,9-10,12-16,18-19,21-24,26,28-30,32,34-53H2,1-3H3,(H,69,70)/b11-8-,20-17-,27-25-,33-31-. The van der Waals surface area contributed by atoms with Crippen molar-refractivity contribution in [2.24, 2.45) is 0 Å². The van der Waals surface area contributed by atoms with Gasteiger partial charge in [-0.2, -0.15) is 0 Å². The third-order valence-corrected chi connectivity index (χ3v) is 13.9. The topological polar surface area (TPSA) is 175 Å². The maximum absolute atomic E-state index is 13.1. The summed E-state index contributed by atoms with van der Waals surface area (Å²) in [6.07, 6.45) is 49.4. The predicted octanol–water partition coefficient (Wildman–Crippen LogP) is 15.8. The van der Waals surface area contributed by atoms with Crippen molar-refractivity contribution in [2.45, 2.75) is 314 Å². The van der Waals surface area contributed by atoms with Crippen molar-refractivity contribution in [2.75, 3.05) is 13.2 Å². The molecule has 0 spiro atoms. The number of unbranched alkanes of at least 4 members (excludes halogenated alkanes) is 30. The molecule has 12 heteroatoms. The highest BCUT2D eigenvalue weighted by atomic mass is 16.7. The molecule has 0 radical (unpaired) electrons. The van der Waals surface area contributed by atoms with Gasteiger partial charge < -0.3 is 39.0 Å². The fourth-order valence-corrected chi connectivity index (χ4v) is 9.24. The summed E-state index contributed by atoms with van der Waals surface area (Å²) >= 11 is 0. The molecule has 0 amide bonds. The zero-order valence-electron chi connectivity index (χ0n) is 47.8. The van der Waals surface area contributed by atoms with Crippen molar-refractivity contribution >= 4 is 23.9 Å². The van der Waals surface area contributed by atoms with Crippen LogP contribution in [-0.4, -0.2) is 89.2 Å². The molecule has 1 aliphatic rings. The number of carbonyl (C=O) groups excluding carboxylic acids is 3. The number of aliphatic carboxylic acids is 1. The van der Waals surface area contributed by atoms with Crippen LogP contribution in [0.5, 0.6) is 0 Å². The molecule has 0 aromatic rings. The second-order valence-electron chi connectivity index (χ2n) is 21.0. The third-order valence-electron chi connectivity index (χ3n) is 13.9. The molecule has 1 aliphatic heterocycles. The van der Waals surface area contributed by atoms with E-state index < -0.39 is 67.3 Å². The summed E-state index contributed by atoms with van der Waals surface area (Å²) in [7, 11) is 0. The molecular weight excluding hydrogens is 949 g/mol. The minimum atomic E-state index is -1.91. The first-order valence-corrected chi connectivity index (χ1v) is 30.6. The number of carboxylic acids is 1. The van der Waals surface area contributed by atoms with E-state index in [0.29, 0.717) is 19.3 Å². The van der Waals surface area contributed by atoms with Crippen molar-refractivity contribution in [1.29, 1.82) is 0 Å². The molecule has 434 valence electrons. The van der Waals surface area contributed by atoms with Gasteiger partial charge in [0.05, 0.1) is 6.61 Å². The van der Waals surface area contributed by atoms with Crippen LogP contribution in [0.2, 0.25) is 0 Å². The first-order valence-electron chi connectivity index (χ1n) is 30.6. The van der Waals surface area contributed by atoms with Gasteiger partial charge >= 0.3 is 23.9 Å². The van der Waals surface area contributed by atoms with Crippen LogP contribution in [0.4, 0.5) is 0 Å². The SMILES string of the molecule is CC/C=C\C/C=C\C/C=C\C/C=C\CCCCCCC(=O)OC1C(OCC(COC(=O)CCCCCCCCCCCCCCCCCCC)OC(=O)CCCCCCCCCCCCC)OC(C(=O)O)C(O)C1O. The summed E-state index contributed by atoms with van der Waals surface area (Å²) in [6, 6.07) is 0. The summed E-state index contributed by atoms with van der Waals surface area (Å²) in [5.41, 5.74) is 0. The van der Waals surface area contributed by atoms with Crippen LogP contribution < -0.4 is 0 Å². The van der Waals surface area contributed by atoms with Gasteiger partial charge in [-0.1, -0.05) is 249 Å². The number of carboxylic acid groups (broad SMARTS) is 1. The van der Waals surface area contributed by atoms with E-state index in [0.717, 1.165) is 89.9 Å². The van der Waals surface area contributed by atoms with Crippen molar-refractivity contribution in [1.82, 2.24) is 0 Å². The van der Waals surface area contributed by atoms with E-state index in [-0.39, 0.29) is 25.9 Å². The number of hydrogen-bond donors (Lipinski definition) is 3. The summed E-state index contributed by atoms with van der Waals surface area (Å²) in [6.45, 7) is 5.89. The highest BCUT2D eigenvalue weighted by Crippen LogP contribution is 2.26. The number of carbonyl (C=O) groups is 4. The Hall–Kier alpha value is -3.32. The second kappa shape index (κ2) is 51.4. The van der Waals surface area contributed by atoms with E-state index >= 15 is 0 Å². The fourth-order valence-electron chi connectivity index (χ4n) is 9.24. The van der Waals surface area contributed by atoms with Crippen molar-refractivity contribution < 1.29 is 58.2 Å². The Morgan fingerprint density at radius 2 is 0.840 bits per heavy atom. The van der Waals surface area contributed by atoms with Crippen LogP contribution in [0.3, 0.4) is 0 Å². The highest BCUT2D eigenvalue weighted by Gasteiger charge is 2.50. The normalized spacial score (nSPS) is 18.4. The molecule has 3 N–H and O–H groups in total. The van der Waals surface area contributed by atoms with Crippen molar-refractivity contribution in [3.8, 4) is 0 Å². The summed E-state index contributed by atoms with van der Waals surface area (Å²) in [4.78, 5) is 51.1. The molecule has 0 aromatic heterocycles. The summed E-state index contributed by atoms with van der Waals surface area (Å²) in [5, 5.41) is 31.5. The molecule has 1 fully saturated rings. The highest BCUT2D eigenvalue weighted by molar-refractivity contribution is 5.74. The Balaban J connectivity index is 2.66. The van der Waals surface area contributed by atoms with Gasteiger partial charge in [0.25, 0.3) is 0 Å². The lowest BCUT2D eigenvalue weighted by molar-refractivity contribution is -0.301. The van der Waals surface area contributed by atoms with Crippen LogP contribution in [-0.2, 0) is 42.9 Å². The molecule has 12 nitrogen and oxygen atoms in total. The van der Waals surface area contributed by atoms with E-state index in [1.807, 2.05) is 0 Å². The molecular formula is C63H110O12. The summed E-state index contributed by atoms with van der Waals surface area (Å²) in [5.74, 6) is -3.13. The van der Waals surface area contributed by atoms with Crippen molar-refractivity contribution in [3.05, 3.63) is 48.6 Å². The predicted molar refractivity (Wildman–Crippen MR) is 303 cm³/mol. The number of hydrogen-bond acceptors (Lipinski definition) is 11. The largest absolute Gasteiger partial charge is 0.479 e. The Morgan fingerprint density at radius 1 is 0.453 bits per heavy atom. The van der Waals surface area contributed by atoms with Crippen LogP contribution >= 0.6 is 0 Å². The molecule has 1 saturated heterocycles. The smallest absolute Gasteiger partial charge is 0.335 e. The monoisotopic (exact) mass is 1060 g/mol. The first-order chi connectivity index (χ1) is 36.6. The van der Waals surface area contributed by atoms with Gasteiger partial charge in [-0.25, -0.2) is 4.79 Å². The zero-order valence-corrected chi connectivity index (χ0v) is 47.8. The van der Waals surface area contributed by atoms with Gasteiger partial charge in [-0.15, -0.1) is 0 Å². The Morgan fingerprint density at radius 3 is 1.28 bits per heavy atom. The van der Waals surface area contributed by atoms with E-state index in [9.17, 15) is 34.5 Å². The quantitative estimate of drug-likeness (QED) is 0.0228. The van der Waals surface area contributed by atoms with Crippen LogP contribution in [0.1, 0.15) is 278 Å². The molecule has 0 saturated carbocycles. The number of aliphatic hydroxyl groups excluding tert-OH is 2. The van der Waals surface area contributed by atoms with Crippen LogP contribution in [0.25, 0.3) is 0 Å². The lowest BCUT2D eigenvalue weighted by atomic mass is 9.98. The lowest BCUT2D eigenvalue weighted by Gasteiger charge is -2.40. The molecule has 6 unspecified atom stereocenters. The van der Waals surface area contributed by atoms with Gasteiger partial charge in [0, 0.05) is 19.3 Å². The maximum atomic E-state index is 13.1. The average molecular weight is 1060 g/mol. The van der Waals surface area contributed by atoms with Gasteiger partial charge in [-0.3, -0.25) is 14.4 Å². The minimum Gasteiger partial charge on any atom is -0.479 e. The van der Waals surface area contributed by atoms with Crippen molar-refractivity contribution in [3.63, 3.8) is 0 Å². The van der Waals surface area contributed by atoms with Gasteiger partial charge in [0.1, 0.15) is 18.8 Å². The number of rotatable bonds is 52. The number of esters is 3. The average Bonchev–Trinajstić information content (AvgIpc) is 3.39. The number of allylic oxidation sites excluding steroid dienone is 8. The number of ether oxygens (including phenoxy) is 5. The first kappa shape index (κ1) is 69.7.